The molecule has 0 aliphatic rings. The molecular weight excluding hydrogens is 274 g/mol. The van der Waals surface area contributed by atoms with Gasteiger partial charge in [-0.25, -0.2) is 0 Å². The van der Waals surface area contributed by atoms with E-state index in [1.807, 2.05) is 54.6 Å². The van der Waals surface area contributed by atoms with E-state index in [1.165, 1.54) is 0 Å². The highest BCUT2D eigenvalue weighted by Gasteiger charge is 1.97. The van der Waals surface area contributed by atoms with Crippen LogP contribution in [0, 0.1) is 0 Å². The largest absolute Gasteiger partial charge is 0.397 e. The second-order valence-corrected chi connectivity index (χ2v) is 4.41. The third-order valence-electron chi connectivity index (χ3n) is 2.84. The first-order valence-electron chi connectivity index (χ1n) is 6.73. The van der Waals surface area contributed by atoms with Gasteiger partial charge in [-0.15, -0.1) is 10.2 Å². The molecule has 0 aliphatic carbocycles. The predicted molar refractivity (Wildman–Crippen MR) is 90.5 cm³/mol. The third kappa shape index (κ3) is 4.72. The van der Waals surface area contributed by atoms with E-state index in [0.717, 1.165) is 11.1 Å². The lowest BCUT2D eigenvalue weighted by Gasteiger charge is -2.03. The Bertz CT molecular complexity index is 685. The molecule has 0 fully saturated rings. The van der Waals surface area contributed by atoms with E-state index in [4.69, 9.17) is 11.5 Å². The first-order chi connectivity index (χ1) is 10.8. The summed E-state index contributed by atoms with van der Waals surface area (Å²) in [6.07, 6.45) is 7.14. The zero-order valence-corrected chi connectivity index (χ0v) is 12.0. The molecule has 3 aromatic rings. The normalized spacial score (nSPS) is 10.0. The Labute approximate surface area is 129 Å². The molecule has 2 aromatic carbocycles. The van der Waals surface area contributed by atoms with E-state index in [1.54, 1.807) is 24.5 Å². The number of nitrogens with two attached hydrogens (primary N) is 2. The second kappa shape index (κ2) is 8.16. The number of benzene rings is 2. The number of rotatable bonds is 2. The van der Waals surface area contributed by atoms with Crippen LogP contribution in [-0.2, 0) is 0 Å². The lowest BCUT2D eigenvalue weighted by Crippen LogP contribution is -1.96. The molecule has 22 heavy (non-hydrogen) atoms. The van der Waals surface area contributed by atoms with Gasteiger partial charge in [0.1, 0.15) is 0 Å². The van der Waals surface area contributed by atoms with Crippen LogP contribution < -0.4 is 11.5 Å². The molecule has 0 radical (unpaired) electrons. The maximum absolute atomic E-state index is 5.87. The number of nitrogens with zero attached hydrogens (tertiary/aromatic N) is 3. The average molecular weight is 291 g/mol. The first kappa shape index (κ1) is 15.2. The summed E-state index contributed by atoms with van der Waals surface area (Å²) in [5.74, 6) is 0. The molecule has 4 N–H and O–H groups in total. The Morgan fingerprint density at radius 3 is 2.05 bits per heavy atom. The summed E-state index contributed by atoms with van der Waals surface area (Å²) in [5, 5.41) is 10.1. The van der Waals surface area contributed by atoms with Crippen LogP contribution in [0.25, 0.3) is 12.2 Å². The van der Waals surface area contributed by atoms with Crippen molar-refractivity contribution in [2.45, 2.75) is 0 Å². The van der Waals surface area contributed by atoms with Crippen molar-refractivity contribution in [2.75, 3.05) is 11.5 Å². The van der Waals surface area contributed by atoms with Crippen LogP contribution >= 0.6 is 0 Å². The quantitative estimate of drug-likeness (QED) is 0.559. The molecule has 0 saturated heterocycles. The maximum atomic E-state index is 5.87. The van der Waals surface area contributed by atoms with Crippen molar-refractivity contribution in [3.8, 4) is 0 Å². The summed E-state index contributed by atoms with van der Waals surface area (Å²) < 4.78 is 0. The molecule has 0 atom stereocenters. The maximum Gasteiger partial charge on any atom is 0.0621 e. The van der Waals surface area contributed by atoms with Crippen LogP contribution in [0.3, 0.4) is 0 Å². The van der Waals surface area contributed by atoms with Crippen LogP contribution in [0.4, 0.5) is 11.4 Å². The lowest BCUT2D eigenvalue weighted by molar-refractivity contribution is 0.865. The minimum absolute atomic E-state index is 0.621. The fourth-order valence-corrected chi connectivity index (χ4v) is 1.70. The van der Waals surface area contributed by atoms with Crippen molar-refractivity contribution in [3.63, 3.8) is 0 Å². The molecule has 5 nitrogen and oxygen atoms in total. The Morgan fingerprint density at radius 1 is 0.727 bits per heavy atom. The van der Waals surface area contributed by atoms with Crippen molar-refractivity contribution in [3.05, 3.63) is 78.1 Å². The molecule has 110 valence electrons. The predicted octanol–water partition coefficient (Wildman–Crippen LogP) is 2.89. The van der Waals surface area contributed by atoms with Crippen molar-refractivity contribution in [2.24, 2.45) is 0 Å². The highest BCUT2D eigenvalue weighted by atomic mass is 15.3. The summed E-state index contributed by atoms with van der Waals surface area (Å²) in [6.45, 7) is 0. The number of hydrogen-bond donors (Lipinski definition) is 2. The standard InChI is InChI=1S/C14H14N2.C3H3N3/c15-13-8-4-7-12(14(13)16)10-9-11-5-2-1-3-6-11;1-2-4-6-5-3-1/h1-10H,15-16H2;1-3H. The fraction of sp³-hybridized carbons (Fsp3) is 0. The van der Waals surface area contributed by atoms with Gasteiger partial charge in [0.05, 0.1) is 23.8 Å². The summed E-state index contributed by atoms with van der Waals surface area (Å²) in [6, 6.07) is 17.4. The van der Waals surface area contributed by atoms with E-state index < -0.39 is 0 Å². The lowest BCUT2D eigenvalue weighted by atomic mass is 10.1. The summed E-state index contributed by atoms with van der Waals surface area (Å²) >= 11 is 0. The molecule has 5 heteroatoms. The molecular formula is C17H17N5. The molecule has 0 spiro atoms. The van der Waals surface area contributed by atoms with Crippen LogP contribution in [0.15, 0.2) is 67.0 Å². The third-order valence-corrected chi connectivity index (χ3v) is 2.84. The average Bonchev–Trinajstić information content (AvgIpc) is 2.59. The summed E-state index contributed by atoms with van der Waals surface area (Å²) in [4.78, 5) is 0. The number of nitrogen functional groups attached to an aromatic ring is 2. The van der Waals surface area contributed by atoms with Gasteiger partial charge < -0.3 is 11.5 Å². The van der Waals surface area contributed by atoms with Crippen molar-refractivity contribution < 1.29 is 0 Å². The molecule has 0 aliphatic heterocycles. The van der Waals surface area contributed by atoms with Gasteiger partial charge in [-0.2, -0.15) is 0 Å². The van der Waals surface area contributed by atoms with Crippen LogP contribution in [0.2, 0.25) is 0 Å². The van der Waals surface area contributed by atoms with Gasteiger partial charge in [-0.3, -0.25) is 0 Å². The summed E-state index contributed by atoms with van der Waals surface area (Å²) in [5.41, 5.74) is 14.9. The van der Waals surface area contributed by atoms with Crippen LogP contribution in [-0.4, -0.2) is 15.4 Å². The smallest absolute Gasteiger partial charge is 0.0621 e. The van der Waals surface area contributed by atoms with Gasteiger partial charge >= 0.3 is 0 Å². The Morgan fingerprint density at radius 2 is 1.45 bits per heavy atom. The van der Waals surface area contributed by atoms with Gasteiger partial charge in [0, 0.05) is 0 Å². The monoisotopic (exact) mass is 291 g/mol. The van der Waals surface area contributed by atoms with Crippen LogP contribution in [0.1, 0.15) is 11.1 Å². The highest BCUT2D eigenvalue weighted by molar-refractivity contribution is 5.81. The van der Waals surface area contributed by atoms with Crippen molar-refractivity contribution in [1.82, 2.24) is 15.4 Å². The number of anilines is 2. The highest BCUT2D eigenvalue weighted by Crippen LogP contribution is 2.21. The Hall–Kier alpha value is -3.21. The molecule has 0 unspecified atom stereocenters. The van der Waals surface area contributed by atoms with E-state index >= 15 is 0 Å². The number of aromatic nitrogens is 3. The van der Waals surface area contributed by atoms with Gasteiger partial charge in [0.2, 0.25) is 0 Å². The molecule has 3 rings (SSSR count). The summed E-state index contributed by atoms with van der Waals surface area (Å²) in [7, 11) is 0. The van der Waals surface area contributed by atoms with Gasteiger partial charge in [0.25, 0.3) is 0 Å². The molecule has 0 amide bonds. The number of hydrogen-bond acceptors (Lipinski definition) is 5. The van der Waals surface area contributed by atoms with E-state index in [2.05, 4.69) is 15.4 Å². The van der Waals surface area contributed by atoms with Crippen molar-refractivity contribution in [1.29, 1.82) is 0 Å². The molecule has 1 heterocycles. The fourth-order valence-electron chi connectivity index (χ4n) is 1.70. The van der Waals surface area contributed by atoms with Crippen molar-refractivity contribution >= 4 is 23.5 Å². The van der Waals surface area contributed by atoms with Gasteiger partial charge in [-0.1, -0.05) is 54.6 Å². The van der Waals surface area contributed by atoms with Gasteiger partial charge in [0.15, 0.2) is 0 Å². The zero-order chi connectivity index (χ0) is 15.6. The Kier molecular flexibility index (Phi) is 5.63. The molecule has 0 saturated carbocycles. The Balaban J connectivity index is 0.000000246. The minimum Gasteiger partial charge on any atom is -0.397 e. The van der Waals surface area contributed by atoms with E-state index in [-0.39, 0.29) is 0 Å². The zero-order valence-electron chi connectivity index (χ0n) is 12.0. The van der Waals surface area contributed by atoms with E-state index in [0.29, 0.717) is 11.4 Å². The second-order valence-electron chi connectivity index (χ2n) is 4.41. The molecule has 1 aromatic heterocycles. The minimum atomic E-state index is 0.621. The SMILES string of the molecule is Nc1cccc(C=Cc2ccccc2)c1N.c1cnnnc1. The topological polar surface area (TPSA) is 90.7 Å². The molecule has 0 bridgehead atoms. The first-order valence-corrected chi connectivity index (χ1v) is 6.73. The number of para-hydroxylation sites is 1. The van der Waals surface area contributed by atoms with Gasteiger partial charge in [-0.05, 0) is 28.5 Å². The van der Waals surface area contributed by atoms with Crippen LogP contribution in [0.5, 0.6) is 0 Å². The van der Waals surface area contributed by atoms with E-state index in [9.17, 15) is 0 Å².